The summed E-state index contributed by atoms with van der Waals surface area (Å²) in [5, 5.41) is 3.01. The molecule has 1 aromatic carbocycles. The molecule has 0 aliphatic carbocycles. The van der Waals surface area contributed by atoms with Crippen molar-refractivity contribution in [1.82, 2.24) is 9.62 Å². The topological polar surface area (TPSA) is 67.9 Å². The van der Waals surface area contributed by atoms with Gasteiger partial charge >= 0.3 is 0 Å². The number of methoxy groups -OCH3 is 2. The lowest BCUT2D eigenvalue weighted by atomic mass is 10.2. The average molecular weight is 318 g/mol. The van der Waals surface area contributed by atoms with Crippen molar-refractivity contribution in [1.29, 1.82) is 0 Å². The number of ether oxygens (including phenoxy) is 2. The maximum absolute atomic E-state index is 14.2. The van der Waals surface area contributed by atoms with Crippen LogP contribution in [0.25, 0.3) is 0 Å². The van der Waals surface area contributed by atoms with Gasteiger partial charge in [-0.2, -0.15) is 4.31 Å². The second-order valence-electron chi connectivity index (χ2n) is 4.66. The first-order valence-corrected chi connectivity index (χ1v) is 8.03. The van der Waals surface area contributed by atoms with E-state index < -0.39 is 20.7 Å². The molecule has 1 heterocycles. The monoisotopic (exact) mass is 318 g/mol. The zero-order chi connectivity index (χ0) is 15.6. The number of hydrogen-bond donors (Lipinski definition) is 1. The van der Waals surface area contributed by atoms with Gasteiger partial charge in [-0.05, 0) is 0 Å². The highest BCUT2D eigenvalue weighted by Gasteiger charge is 2.35. The van der Waals surface area contributed by atoms with Crippen LogP contribution >= 0.6 is 0 Å². The number of sulfonamides is 1. The maximum Gasteiger partial charge on any atom is 0.246 e. The van der Waals surface area contributed by atoms with Crippen molar-refractivity contribution in [3.8, 4) is 11.5 Å². The van der Waals surface area contributed by atoms with Gasteiger partial charge in [-0.25, -0.2) is 12.8 Å². The van der Waals surface area contributed by atoms with Gasteiger partial charge in [0.15, 0.2) is 11.5 Å². The molecule has 1 aromatic rings. The van der Waals surface area contributed by atoms with E-state index in [0.717, 1.165) is 12.1 Å². The third-order valence-corrected chi connectivity index (χ3v) is 5.55. The van der Waals surface area contributed by atoms with Crippen molar-refractivity contribution >= 4 is 10.0 Å². The second kappa shape index (κ2) is 6.17. The van der Waals surface area contributed by atoms with Crippen LogP contribution in [0.2, 0.25) is 0 Å². The van der Waals surface area contributed by atoms with E-state index in [2.05, 4.69) is 5.32 Å². The van der Waals surface area contributed by atoms with Gasteiger partial charge in [0.25, 0.3) is 0 Å². The molecule has 0 unspecified atom stereocenters. The lowest BCUT2D eigenvalue weighted by Crippen LogP contribution is -2.58. The van der Waals surface area contributed by atoms with Gasteiger partial charge in [0.2, 0.25) is 10.0 Å². The minimum atomic E-state index is -3.92. The molecule has 21 heavy (non-hydrogen) atoms. The zero-order valence-electron chi connectivity index (χ0n) is 12.2. The largest absolute Gasteiger partial charge is 0.493 e. The summed E-state index contributed by atoms with van der Waals surface area (Å²) < 4.78 is 50.8. The molecule has 8 heteroatoms. The molecule has 1 fully saturated rings. The van der Waals surface area contributed by atoms with E-state index in [1.165, 1.54) is 18.5 Å². The molecule has 118 valence electrons. The highest BCUT2D eigenvalue weighted by molar-refractivity contribution is 7.89. The van der Waals surface area contributed by atoms with Crippen LogP contribution in [0.15, 0.2) is 17.0 Å². The van der Waals surface area contributed by atoms with Gasteiger partial charge in [-0.15, -0.1) is 0 Å². The van der Waals surface area contributed by atoms with E-state index in [0.29, 0.717) is 13.1 Å². The van der Waals surface area contributed by atoms with E-state index in [4.69, 9.17) is 9.47 Å². The third kappa shape index (κ3) is 2.83. The number of rotatable bonds is 6. The van der Waals surface area contributed by atoms with E-state index in [9.17, 15) is 12.8 Å². The van der Waals surface area contributed by atoms with Crippen LogP contribution in [0.1, 0.15) is 6.92 Å². The van der Waals surface area contributed by atoms with Crippen molar-refractivity contribution < 1.29 is 22.3 Å². The van der Waals surface area contributed by atoms with Gasteiger partial charge in [0, 0.05) is 31.8 Å². The first-order valence-electron chi connectivity index (χ1n) is 6.59. The van der Waals surface area contributed by atoms with E-state index >= 15 is 0 Å². The summed E-state index contributed by atoms with van der Waals surface area (Å²) >= 11 is 0. The van der Waals surface area contributed by atoms with E-state index in [1.807, 2.05) is 0 Å². The molecular weight excluding hydrogens is 299 g/mol. The van der Waals surface area contributed by atoms with Crippen molar-refractivity contribution in [3.63, 3.8) is 0 Å². The number of benzene rings is 1. The van der Waals surface area contributed by atoms with Crippen molar-refractivity contribution in [3.05, 3.63) is 17.9 Å². The minimum absolute atomic E-state index is 0.146. The summed E-state index contributed by atoms with van der Waals surface area (Å²) in [7, 11) is -1.18. The SMILES string of the molecule is CCN(C1CNC1)S(=O)(=O)c1cc(OC)c(OC)cc1F. The average Bonchev–Trinajstić information content (AvgIpc) is 2.41. The second-order valence-corrected chi connectivity index (χ2v) is 6.52. The molecule has 6 nitrogen and oxygen atoms in total. The molecular formula is C13H19FN2O4S. The number of nitrogens with zero attached hydrogens (tertiary/aromatic N) is 1. The molecule has 1 saturated heterocycles. The molecule has 1 N–H and O–H groups in total. The molecule has 1 aliphatic rings. The lowest BCUT2D eigenvalue weighted by molar-refractivity contribution is 0.249. The molecule has 0 saturated carbocycles. The molecule has 0 atom stereocenters. The summed E-state index contributed by atoms with van der Waals surface area (Å²) in [5.41, 5.74) is 0. The summed E-state index contributed by atoms with van der Waals surface area (Å²) in [5.74, 6) is -0.513. The Morgan fingerprint density at radius 1 is 1.29 bits per heavy atom. The summed E-state index contributed by atoms with van der Waals surface area (Å²) in [4.78, 5) is -0.395. The fourth-order valence-electron chi connectivity index (χ4n) is 2.26. The first-order chi connectivity index (χ1) is 9.95. The molecule has 0 spiro atoms. The Kier molecular flexibility index (Phi) is 4.70. The van der Waals surface area contributed by atoms with E-state index in [-0.39, 0.29) is 24.1 Å². The fraction of sp³-hybridized carbons (Fsp3) is 0.538. The summed E-state index contributed by atoms with van der Waals surface area (Å²) in [6.07, 6.45) is 0. The number of likely N-dealkylation sites (N-methyl/N-ethyl adjacent to an activating group) is 1. The van der Waals surface area contributed by atoms with Crippen LogP contribution in [0.4, 0.5) is 4.39 Å². The Labute approximate surface area is 123 Å². The van der Waals surface area contributed by atoms with Crippen LogP contribution < -0.4 is 14.8 Å². The van der Waals surface area contributed by atoms with Gasteiger partial charge in [0.1, 0.15) is 10.7 Å². The molecule has 0 bridgehead atoms. The van der Waals surface area contributed by atoms with Crippen LogP contribution in [-0.4, -0.2) is 52.6 Å². The predicted molar refractivity (Wildman–Crippen MR) is 75.7 cm³/mol. The predicted octanol–water partition coefficient (Wildman–Crippen LogP) is 0.825. The Bertz CT molecular complexity index is 617. The highest BCUT2D eigenvalue weighted by Crippen LogP contribution is 2.33. The van der Waals surface area contributed by atoms with Crippen LogP contribution in [0, 0.1) is 5.82 Å². The molecule has 0 radical (unpaired) electrons. The number of hydrogen-bond acceptors (Lipinski definition) is 5. The summed E-state index contributed by atoms with van der Waals surface area (Å²) in [6, 6.07) is 2.05. The van der Waals surface area contributed by atoms with Gasteiger partial charge in [-0.1, -0.05) is 6.92 Å². The highest BCUT2D eigenvalue weighted by atomic mass is 32.2. The van der Waals surface area contributed by atoms with Crippen molar-refractivity contribution in [2.45, 2.75) is 17.9 Å². The molecule has 2 rings (SSSR count). The Balaban J connectivity index is 2.48. The number of nitrogens with one attached hydrogen (secondary N) is 1. The van der Waals surface area contributed by atoms with Crippen molar-refractivity contribution in [2.24, 2.45) is 0 Å². The minimum Gasteiger partial charge on any atom is -0.493 e. The molecule has 0 aromatic heterocycles. The van der Waals surface area contributed by atoms with Gasteiger partial charge in [-0.3, -0.25) is 0 Å². The van der Waals surface area contributed by atoms with Crippen LogP contribution in [0.5, 0.6) is 11.5 Å². The standard InChI is InChI=1S/C13H19FN2O4S/c1-4-16(9-7-15-8-9)21(17,18)13-6-12(20-3)11(19-2)5-10(13)14/h5-6,9,15H,4,7-8H2,1-3H3. The van der Waals surface area contributed by atoms with Crippen molar-refractivity contribution in [2.75, 3.05) is 33.9 Å². The molecule has 0 amide bonds. The smallest absolute Gasteiger partial charge is 0.246 e. The summed E-state index contributed by atoms with van der Waals surface area (Å²) in [6.45, 7) is 3.15. The molecule has 1 aliphatic heterocycles. The maximum atomic E-state index is 14.2. The lowest BCUT2D eigenvalue weighted by Gasteiger charge is -2.36. The van der Waals surface area contributed by atoms with Gasteiger partial charge in [0.05, 0.1) is 20.3 Å². The van der Waals surface area contributed by atoms with E-state index in [1.54, 1.807) is 6.92 Å². The Morgan fingerprint density at radius 3 is 2.29 bits per heavy atom. The quantitative estimate of drug-likeness (QED) is 0.841. The first kappa shape index (κ1) is 16.0. The normalized spacial score (nSPS) is 15.9. The Morgan fingerprint density at radius 2 is 1.86 bits per heavy atom. The Hall–Kier alpha value is -1.38. The third-order valence-electron chi connectivity index (χ3n) is 3.50. The number of halogens is 1. The van der Waals surface area contributed by atoms with Gasteiger partial charge < -0.3 is 14.8 Å². The zero-order valence-corrected chi connectivity index (χ0v) is 13.0. The van der Waals surface area contributed by atoms with Crippen LogP contribution in [0.3, 0.4) is 0 Å². The van der Waals surface area contributed by atoms with Crippen LogP contribution in [-0.2, 0) is 10.0 Å². The fourth-order valence-corrected chi connectivity index (χ4v) is 3.96.